The number of nitrogens with zero attached hydrogens (tertiary/aromatic N) is 5. The van der Waals surface area contributed by atoms with Crippen molar-refractivity contribution in [2.45, 2.75) is 45.1 Å². The summed E-state index contributed by atoms with van der Waals surface area (Å²) in [6, 6.07) is 10.7. The fourth-order valence-corrected chi connectivity index (χ4v) is 5.22. The van der Waals surface area contributed by atoms with Crippen molar-refractivity contribution >= 4 is 11.8 Å². The molecule has 31 heavy (non-hydrogen) atoms. The van der Waals surface area contributed by atoms with E-state index in [0.29, 0.717) is 6.42 Å². The van der Waals surface area contributed by atoms with Crippen LogP contribution in [0.2, 0.25) is 0 Å². The number of hydrogen-bond acceptors (Lipinski definition) is 7. The minimum Gasteiger partial charge on any atom is -0.368 e. The smallest absolute Gasteiger partial charge is 0.220 e. The second-order valence-corrected chi connectivity index (χ2v) is 8.77. The summed E-state index contributed by atoms with van der Waals surface area (Å²) in [5, 5.41) is 0. The number of anilines is 2. The van der Waals surface area contributed by atoms with Gasteiger partial charge in [-0.2, -0.15) is 0 Å². The van der Waals surface area contributed by atoms with E-state index in [1.54, 1.807) is 6.20 Å². The number of aryl methyl sites for hydroxylation is 1. The SMILES string of the molecule is CCc1nc(Cc2ccnc(N)n2)cnc1N1CCC2(CC1)Cc1ccccc1[C@H]2N. The Hall–Kier alpha value is -3.06. The van der Waals surface area contributed by atoms with Crippen LogP contribution in [0.25, 0.3) is 0 Å². The Morgan fingerprint density at radius 3 is 2.61 bits per heavy atom. The molecule has 0 bridgehead atoms. The summed E-state index contributed by atoms with van der Waals surface area (Å²) in [6.07, 6.45) is 8.23. The lowest BCUT2D eigenvalue weighted by Crippen LogP contribution is -2.45. The molecule has 0 saturated carbocycles. The molecule has 1 aliphatic heterocycles. The first kappa shape index (κ1) is 19.9. The maximum absolute atomic E-state index is 6.73. The van der Waals surface area contributed by atoms with Crippen molar-refractivity contribution in [1.29, 1.82) is 0 Å². The van der Waals surface area contributed by atoms with Crippen LogP contribution in [0.5, 0.6) is 0 Å². The number of rotatable bonds is 4. The van der Waals surface area contributed by atoms with Gasteiger partial charge in [-0.1, -0.05) is 31.2 Å². The molecule has 3 heterocycles. The average molecular weight is 416 g/mol. The maximum Gasteiger partial charge on any atom is 0.220 e. The van der Waals surface area contributed by atoms with E-state index in [-0.39, 0.29) is 17.4 Å². The molecule has 5 rings (SSSR count). The largest absolute Gasteiger partial charge is 0.368 e. The zero-order valence-electron chi connectivity index (χ0n) is 18.0. The molecule has 4 N–H and O–H groups in total. The summed E-state index contributed by atoms with van der Waals surface area (Å²) < 4.78 is 0. The second-order valence-electron chi connectivity index (χ2n) is 8.77. The van der Waals surface area contributed by atoms with E-state index in [1.165, 1.54) is 11.1 Å². The highest BCUT2D eigenvalue weighted by Crippen LogP contribution is 2.50. The number of aromatic nitrogens is 4. The minimum absolute atomic E-state index is 0.130. The van der Waals surface area contributed by atoms with E-state index in [9.17, 15) is 0 Å². The van der Waals surface area contributed by atoms with Gasteiger partial charge in [-0.05, 0) is 48.3 Å². The molecule has 0 unspecified atom stereocenters. The predicted octanol–water partition coefficient (Wildman–Crippen LogP) is 2.84. The zero-order chi connectivity index (χ0) is 21.4. The van der Waals surface area contributed by atoms with Crippen LogP contribution in [0.3, 0.4) is 0 Å². The average Bonchev–Trinajstić information content (AvgIpc) is 3.06. The zero-order valence-corrected chi connectivity index (χ0v) is 18.0. The third kappa shape index (κ3) is 3.63. The molecule has 7 nitrogen and oxygen atoms in total. The van der Waals surface area contributed by atoms with Crippen molar-refractivity contribution in [3.63, 3.8) is 0 Å². The van der Waals surface area contributed by atoms with E-state index in [4.69, 9.17) is 21.4 Å². The monoisotopic (exact) mass is 415 g/mol. The van der Waals surface area contributed by atoms with E-state index in [2.05, 4.69) is 46.1 Å². The van der Waals surface area contributed by atoms with Crippen molar-refractivity contribution in [3.8, 4) is 0 Å². The number of nitrogens with two attached hydrogens (primary N) is 2. The molecule has 1 aliphatic carbocycles. The topological polar surface area (TPSA) is 107 Å². The van der Waals surface area contributed by atoms with Crippen LogP contribution >= 0.6 is 0 Å². The fraction of sp³-hybridized carbons (Fsp3) is 0.417. The van der Waals surface area contributed by atoms with Crippen LogP contribution in [0.4, 0.5) is 11.8 Å². The maximum atomic E-state index is 6.73. The molecule has 1 atom stereocenters. The highest BCUT2D eigenvalue weighted by atomic mass is 15.2. The van der Waals surface area contributed by atoms with Crippen molar-refractivity contribution in [2.24, 2.45) is 11.1 Å². The van der Waals surface area contributed by atoms with Gasteiger partial charge in [0.2, 0.25) is 5.95 Å². The van der Waals surface area contributed by atoms with Gasteiger partial charge >= 0.3 is 0 Å². The Balaban J connectivity index is 1.31. The van der Waals surface area contributed by atoms with Crippen LogP contribution in [-0.2, 0) is 19.3 Å². The molecule has 7 heteroatoms. The Kier molecular flexibility index (Phi) is 5.06. The molecular weight excluding hydrogens is 386 g/mol. The van der Waals surface area contributed by atoms with Crippen molar-refractivity contribution < 1.29 is 0 Å². The highest BCUT2D eigenvalue weighted by Gasteiger charge is 2.46. The molecule has 2 aliphatic rings. The number of fused-ring (bicyclic) bond motifs is 1. The summed E-state index contributed by atoms with van der Waals surface area (Å²) in [5.74, 6) is 1.29. The number of hydrogen-bond donors (Lipinski definition) is 2. The van der Waals surface area contributed by atoms with Gasteiger partial charge in [0.25, 0.3) is 0 Å². The van der Waals surface area contributed by atoms with E-state index in [0.717, 1.165) is 61.7 Å². The van der Waals surface area contributed by atoms with E-state index in [1.807, 2.05) is 12.3 Å². The lowest BCUT2D eigenvalue weighted by Gasteiger charge is -2.43. The molecule has 1 aromatic carbocycles. The van der Waals surface area contributed by atoms with Gasteiger partial charge in [0, 0.05) is 31.7 Å². The third-order valence-electron chi connectivity index (χ3n) is 6.95. The summed E-state index contributed by atoms with van der Waals surface area (Å²) >= 11 is 0. The van der Waals surface area contributed by atoms with Crippen LogP contribution in [0.15, 0.2) is 42.7 Å². The number of piperidine rings is 1. The lowest BCUT2D eigenvalue weighted by molar-refractivity contribution is 0.187. The van der Waals surface area contributed by atoms with Crippen molar-refractivity contribution in [1.82, 2.24) is 19.9 Å². The van der Waals surface area contributed by atoms with E-state index < -0.39 is 0 Å². The van der Waals surface area contributed by atoms with Gasteiger partial charge in [0.15, 0.2) is 0 Å². The molecule has 160 valence electrons. The Morgan fingerprint density at radius 2 is 1.87 bits per heavy atom. The molecule has 1 fully saturated rings. The quantitative estimate of drug-likeness (QED) is 0.675. The Labute approximate surface area is 183 Å². The number of nitrogen functional groups attached to an aromatic ring is 1. The lowest BCUT2D eigenvalue weighted by atomic mass is 9.73. The first-order valence-corrected chi connectivity index (χ1v) is 11.1. The Morgan fingerprint density at radius 1 is 1.06 bits per heavy atom. The first-order valence-electron chi connectivity index (χ1n) is 11.1. The predicted molar refractivity (Wildman–Crippen MR) is 122 cm³/mol. The Bertz CT molecular complexity index is 1090. The normalized spacial score (nSPS) is 19.5. The molecule has 0 radical (unpaired) electrons. The summed E-state index contributed by atoms with van der Waals surface area (Å²) in [6.45, 7) is 4.06. The summed E-state index contributed by atoms with van der Waals surface area (Å²) in [4.78, 5) is 20.3. The number of benzene rings is 1. The van der Waals surface area contributed by atoms with Gasteiger partial charge in [-0.3, -0.25) is 4.98 Å². The molecule has 1 saturated heterocycles. The fourth-order valence-electron chi connectivity index (χ4n) is 5.22. The van der Waals surface area contributed by atoms with Gasteiger partial charge in [0.1, 0.15) is 5.82 Å². The van der Waals surface area contributed by atoms with Crippen LogP contribution in [-0.4, -0.2) is 33.0 Å². The van der Waals surface area contributed by atoms with Gasteiger partial charge in [-0.25, -0.2) is 15.0 Å². The van der Waals surface area contributed by atoms with Gasteiger partial charge < -0.3 is 16.4 Å². The summed E-state index contributed by atoms with van der Waals surface area (Å²) in [7, 11) is 0. The second kappa shape index (κ2) is 7.89. The minimum atomic E-state index is 0.130. The summed E-state index contributed by atoms with van der Waals surface area (Å²) in [5.41, 5.74) is 18.2. The molecule has 3 aromatic rings. The molecule has 2 aromatic heterocycles. The first-order chi connectivity index (χ1) is 15.1. The molecular formula is C24H29N7. The van der Waals surface area contributed by atoms with Crippen LogP contribution < -0.4 is 16.4 Å². The van der Waals surface area contributed by atoms with Crippen molar-refractivity contribution in [3.05, 3.63) is 70.9 Å². The van der Waals surface area contributed by atoms with Crippen LogP contribution in [0, 0.1) is 5.41 Å². The molecule has 0 amide bonds. The molecule has 1 spiro atoms. The third-order valence-corrected chi connectivity index (χ3v) is 6.95. The van der Waals surface area contributed by atoms with Gasteiger partial charge in [0.05, 0.1) is 23.3 Å². The van der Waals surface area contributed by atoms with E-state index >= 15 is 0 Å². The van der Waals surface area contributed by atoms with Gasteiger partial charge in [-0.15, -0.1) is 0 Å². The van der Waals surface area contributed by atoms with Crippen LogP contribution in [0.1, 0.15) is 54.0 Å². The standard InChI is InChI=1S/C24H29N7/c1-2-20-22(28-15-18(29-20)13-17-7-10-27-23(26)30-17)31-11-8-24(9-12-31)14-16-5-3-4-6-19(16)21(24)25/h3-7,10,15,21H,2,8-9,11-14,25H2,1H3,(H2,26,27,30)/t21-/m1/s1. The van der Waals surface area contributed by atoms with Crippen molar-refractivity contribution in [2.75, 3.05) is 23.7 Å². The highest BCUT2D eigenvalue weighted by molar-refractivity contribution is 5.46.